The first kappa shape index (κ1) is 24.3. The first-order valence-electron chi connectivity index (χ1n) is 13.1. The third-order valence-electron chi connectivity index (χ3n) is 9.62. The number of anilines is 1. The molecule has 0 saturated heterocycles. The van der Waals surface area contributed by atoms with E-state index in [1.807, 2.05) is 13.0 Å². The molecule has 4 aliphatic rings. The molecule has 2 saturated carbocycles. The largest absolute Gasteiger partial charge is 0.384 e. The maximum atomic E-state index is 12.3. The van der Waals surface area contributed by atoms with Crippen molar-refractivity contribution in [3.63, 3.8) is 0 Å². The minimum Gasteiger partial charge on any atom is -0.384 e. The van der Waals surface area contributed by atoms with Gasteiger partial charge >= 0.3 is 0 Å². The molecule has 6 atom stereocenters. The molecule has 0 bridgehead atoms. The number of rotatable bonds is 4. The topological polar surface area (TPSA) is 49.8 Å². The standard InChI is InChI=1S/C31H39NO3/c1-6-15-31(34)22(19-35-5)17-28-26-13-9-21-16-24(33)12-14-25(21)29(26)27(18-30(28,31)2)20-7-10-23(11-8-20)32(3)4/h7-8,10-11,16,22,26-28,34H,9,12-14,17-19H2,1-5H3/t22-,26-,27+,28-,30-,31-/m0/s1. The van der Waals surface area contributed by atoms with Crippen LogP contribution in [0.4, 0.5) is 5.69 Å². The van der Waals surface area contributed by atoms with Gasteiger partial charge in [-0.05, 0) is 85.8 Å². The van der Waals surface area contributed by atoms with Crippen molar-refractivity contribution in [1.82, 2.24) is 0 Å². The molecule has 5 rings (SSSR count). The summed E-state index contributed by atoms with van der Waals surface area (Å²) in [5.41, 5.74) is 5.34. The van der Waals surface area contributed by atoms with Crippen molar-refractivity contribution < 1.29 is 14.6 Å². The van der Waals surface area contributed by atoms with Gasteiger partial charge in [-0.25, -0.2) is 0 Å². The Morgan fingerprint density at radius 2 is 1.91 bits per heavy atom. The summed E-state index contributed by atoms with van der Waals surface area (Å²) >= 11 is 0. The average Bonchev–Trinajstić information content (AvgIpc) is 3.05. The van der Waals surface area contributed by atoms with E-state index >= 15 is 0 Å². The highest BCUT2D eigenvalue weighted by Gasteiger charge is 2.66. The summed E-state index contributed by atoms with van der Waals surface area (Å²) in [5, 5.41) is 12.2. The molecule has 0 aromatic heterocycles. The maximum absolute atomic E-state index is 12.3. The molecule has 2 fully saturated rings. The molecule has 1 aromatic carbocycles. The lowest BCUT2D eigenvalue weighted by Crippen LogP contribution is -2.53. The van der Waals surface area contributed by atoms with Crippen LogP contribution in [0.15, 0.2) is 47.1 Å². The Hall–Kier alpha value is -2.35. The molecule has 0 amide bonds. The van der Waals surface area contributed by atoms with Crippen LogP contribution in [-0.2, 0) is 9.53 Å². The van der Waals surface area contributed by atoms with E-state index in [4.69, 9.17) is 4.74 Å². The smallest absolute Gasteiger partial charge is 0.156 e. The van der Waals surface area contributed by atoms with Crippen LogP contribution >= 0.6 is 0 Å². The summed E-state index contributed by atoms with van der Waals surface area (Å²) in [5.74, 6) is 7.61. The summed E-state index contributed by atoms with van der Waals surface area (Å²) in [7, 11) is 5.86. The highest BCUT2D eigenvalue weighted by atomic mass is 16.5. The lowest BCUT2D eigenvalue weighted by Gasteiger charge is -2.54. The zero-order chi connectivity index (χ0) is 25.0. The van der Waals surface area contributed by atoms with Gasteiger partial charge in [0.1, 0.15) is 5.60 Å². The van der Waals surface area contributed by atoms with E-state index in [9.17, 15) is 9.90 Å². The SMILES string of the molecule is CC#C[C@]1(O)[C@H](COC)C[C@H]2[C@@H]3CCC4=CC(=O)CCC4=C3[C@@H](c3ccc(N(C)C)cc3)C[C@@]21C. The number of hydrogen-bond donors (Lipinski definition) is 1. The van der Waals surface area contributed by atoms with Crippen LogP contribution in [0.1, 0.15) is 63.9 Å². The number of ether oxygens (including phenoxy) is 1. The Morgan fingerprint density at radius 3 is 2.57 bits per heavy atom. The molecular formula is C31H39NO3. The van der Waals surface area contributed by atoms with E-state index in [2.05, 4.69) is 62.0 Å². The van der Waals surface area contributed by atoms with Gasteiger partial charge in [0.15, 0.2) is 5.78 Å². The molecule has 0 radical (unpaired) electrons. The number of fused-ring (bicyclic) bond motifs is 4. The van der Waals surface area contributed by atoms with Crippen LogP contribution < -0.4 is 4.90 Å². The van der Waals surface area contributed by atoms with Gasteiger partial charge in [0.05, 0.1) is 6.61 Å². The fraction of sp³-hybridized carbons (Fsp3) is 0.581. The number of methoxy groups -OCH3 is 1. The number of carbonyl (C=O) groups is 1. The van der Waals surface area contributed by atoms with Crippen LogP contribution in [0.3, 0.4) is 0 Å². The van der Waals surface area contributed by atoms with E-state index in [1.54, 1.807) is 12.7 Å². The third-order valence-corrected chi connectivity index (χ3v) is 9.62. The molecule has 186 valence electrons. The molecule has 4 aliphatic carbocycles. The molecule has 4 heteroatoms. The number of nitrogens with zero attached hydrogens (tertiary/aromatic N) is 1. The van der Waals surface area contributed by atoms with Gasteiger partial charge in [-0.3, -0.25) is 4.79 Å². The molecule has 1 N–H and O–H groups in total. The quantitative estimate of drug-likeness (QED) is 0.605. The fourth-order valence-corrected chi connectivity index (χ4v) is 7.95. The Kier molecular flexibility index (Phi) is 6.22. The highest BCUT2D eigenvalue weighted by Crippen LogP contribution is 2.68. The number of allylic oxidation sites excluding steroid dienone is 4. The van der Waals surface area contributed by atoms with E-state index in [0.29, 0.717) is 24.9 Å². The summed E-state index contributed by atoms with van der Waals surface area (Å²) in [6.07, 6.45) is 7.18. The van der Waals surface area contributed by atoms with Crippen molar-refractivity contribution in [2.75, 3.05) is 32.7 Å². The Morgan fingerprint density at radius 1 is 1.17 bits per heavy atom. The van der Waals surface area contributed by atoms with Crippen LogP contribution in [0.2, 0.25) is 0 Å². The monoisotopic (exact) mass is 473 g/mol. The highest BCUT2D eigenvalue weighted by molar-refractivity contribution is 5.93. The number of carbonyl (C=O) groups excluding carboxylic acids is 1. The van der Waals surface area contributed by atoms with Gasteiger partial charge in [0.25, 0.3) is 0 Å². The van der Waals surface area contributed by atoms with Crippen molar-refractivity contribution in [2.24, 2.45) is 23.2 Å². The summed E-state index contributed by atoms with van der Waals surface area (Å²) in [6.45, 7) is 4.65. The zero-order valence-electron chi connectivity index (χ0n) is 21.9. The van der Waals surface area contributed by atoms with Gasteiger partial charge in [-0.1, -0.05) is 30.6 Å². The van der Waals surface area contributed by atoms with Crippen molar-refractivity contribution in [3.05, 3.63) is 52.6 Å². The second-order valence-corrected chi connectivity index (χ2v) is 11.5. The summed E-state index contributed by atoms with van der Waals surface area (Å²) < 4.78 is 5.61. The number of aliphatic hydroxyl groups is 1. The molecule has 35 heavy (non-hydrogen) atoms. The van der Waals surface area contributed by atoms with Crippen molar-refractivity contribution >= 4 is 11.5 Å². The van der Waals surface area contributed by atoms with Crippen molar-refractivity contribution in [3.8, 4) is 11.8 Å². The number of hydrogen-bond acceptors (Lipinski definition) is 4. The van der Waals surface area contributed by atoms with E-state index < -0.39 is 5.60 Å². The minimum atomic E-state index is -1.07. The van der Waals surface area contributed by atoms with Crippen molar-refractivity contribution in [2.45, 2.75) is 63.9 Å². The molecule has 1 aromatic rings. The van der Waals surface area contributed by atoms with Crippen LogP contribution in [-0.4, -0.2) is 44.3 Å². The molecular weight excluding hydrogens is 434 g/mol. The van der Waals surface area contributed by atoms with Crippen molar-refractivity contribution in [1.29, 1.82) is 0 Å². The molecule has 0 heterocycles. The molecule has 4 nitrogen and oxygen atoms in total. The predicted molar refractivity (Wildman–Crippen MR) is 140 cm³/mol. The fourth-order valence-electron chi connectivity index (χ4n) is 7.95. The zero-order valence-corrected chi connectivity index (χ0v) is 21.9. The van der Waals surface area contributed by atoms with Gasteiger partial charge in [-0.2, -0.15) is 0 Å². The predicted octanol–water partition coefficient (Wildman–Crippen LogP) is 5.28. The first-order chi connectivity index (χ1) is 16.7. The third kappa shape index (κ3) is 3.71. The van der Waals surface area contributed by atoms with Gasteiger partial charge in [-0.15, -0.1) is 5.92 Å². The average molecular weight is 474 g/mol. The van der Waals surface area contributed by atoms with Gasteiger partial charge in [0.2, 0.25) is 0 Å². The summed E-state index contributed by atoms with van der Waals surface area (Å²) in [4.78, 5) is 14.4. The Labute approximate surface area is 210 Å². The van der Waals surface area contributed by atoms with Gasteiger partial charge in [0, 0.05) is 50.6 Å². The van der Waals surface area contributed by atoms with E-state index in [1.165, 1.54) is 22.4 Å². The number of benzene rings is 1. The van der Waals surface area contributed by atoms with E-state index in [-0.39, 0.29) is 23.0 Å². The Bertz CT molecular complexity index is 1130. The van der Waals surface area contributed by atoms with E-state index in [0.717, 1.165) is 32.1 Å². The lowest BCUT2D eigenvalue weighted by atomic mass is 9.51. The van der Waals surface area contributed by atoms with Crippen LogP contribution in [0.5, 0.6) is 0 Å². The second kappa shape index (κ2) is 8.95. The second-order valence-electron chi connectivity index (χ2n) is 11.5. The molecule has 0 unspecified atom stereocenters. The Balaban J connectivity index is 1.68. The minimum absolute atomic E-state index is 0.000870. The lowest BCUT2D eigenvalue weighted by molar-refractivity contribution is -0.114. The van der Waals surface area contributed by atoms with Gasteiger partial charge < -0.3 is 14.7 Å². The van der Waals surface area contributed by atoms with Crippen LogP contribution in [0.25, 0.3) is 0 Å². The first-order valence-corrected chi connectivity index (χ1v) is 13.1. The molecule has 0 aliphatic heterocycles. The normalized spacial score (nSPS) is 35.9. The molecule has 0 spiro atoms. The summed E-state index contributed by atoms with van der Waals surface area (Å²) in [6, 6.07) is 8.95. The maximum Gasteiger partial charge on any atom is 0.156 e. The van der Waals surface area contributed by atoms with Crippen LogP contribution in [0, 0.1) is 35.0 Å². The number of ketones is 1.